The number of anilines is 1. The highest BCUT2D eigenvalue weighted by Crippen LogP contribution is 2.71. The number of nitrogens with zero attached hydrogens (tertiary/aromatic N) is 2. The number of aliphatic hydroxyl groups is 2. The van der Waals surface area contributed by atoms with Gasteiger partial charge in [0.15, 0.2) is 17.1 Å². The van der Waals surface area contributed by atoms with Crippen LogP contribution in [0.2, 0.25) is 0 Å². The van der Waals surface area contributed by atoms with E-state index in [1.807, 2.05) is 9.47 Å². The van der Waals surface area contributed by atoms with Gasteiger partial charge in [-0.3, -0.25) is 14.4 Å². The van der Waals surface area contributed by atoms with Crippen LogP contribution in [0.15, 0.2) is 46.9 Å². The Kier molecular flexibility index (Phi) is 7.83. The van der Waals surface area contributed by atoms with Gasteiger partial charge in [0, 0.05) is 66.5 Å². The van der Waals surface area contributed by atoms with Crippen LogP contribution in [-0.4, -0.2) is 82.5 Å². The van der Waals surface area contributed by atoms with Crippen molar-refractivity contribution in [1.82, 2.24) is 9.88 Å². The highest BCUT2D eigenvalue weighted by atomic mass is 19.1. The van der Waals surface area contributed by atoms with E-state index in [0.29, 0.717) is 55.8 Å². The Hall–Kier alpha value is -3.74. The number of hydrogen-bond acceptors (Lipinski definition) is 9. The Balaban J connectivity index is 1.20. The van der Waals surface area contributed by atoms with Crippen LogP contribution < -0.4 is 15.6 Å². The lowest BCUT2D eigenvalue weighted by Crippen LogP contribution is -2.70. The second-order valence-electron chi connectivity index (χ2n) is 16.2. The zero-order valence-electron chi connectivity index (χ0n) is 29.2. The Morgan fingerprint density at radius 3 is 2.51 bits per heavy atom. The molecule has 0 amide bonds. The lowest BCUT2D eigenvalue weighted by atomic mass is 9.44. The molecule has 0 spiro atoms. The number of rotatable bonds is 6. The SMILES string of the molecule is C[C@@H]1C[C@H]2[C@@H]3CCC4=CC(=O)C=C[C@]4(C)[C@@]3(F)[C@@H](O)C[C@]2(C)[C@@]1(OC(=O)c1cn(C2CC2)c2cc(N3CCNCC3)c(F)cc2c1=O)C(=O)CO. The van der Waals surface area contributed by atoms with Crippen molar-refractivity contribution in [1.29, 1.82) is 0 Å². The van der Waals surface area contributed by atoms with Crippen molar-refractivity contribution >= 4 is 34.1 Å². The van der Waals surface area contributed by atoms with Crippen LogP contribution in [0.25, 0.3) is 10.9 Å². The Bertz CT molecular complexity index is 1980. The molecule has 12 heteroatoms. The standard InChI is InChI=1S/C39H45F2N3O7/c1-21-14-28-27-7-4-22-15-24(46)8-9-36(22,2)38(27,41)32(47)18-37(28,3)39(21,33(48)20-45)51-35(50)26-19-44(23-5-6-23)30-17-31(43-12-10-42-11-13-43)29(40)16-25(30)34(26)49/h8-9,15-17,19,21,23,27-28,32,42,45,47H,4-7,10-14,18,20H2,1-3H3/t21-,27+,28+,32+,36+,37+,38+,39+/m1/s1. The van der Waals surface area contributed by atoms with E-state index in [1.165, 1.54) is 24.4 Å². The molecule has 51 heavy (non-hydrogen) atoms. The summed E-state index contributed by atoms with van der Waals surface area (Å²) < 4.78 is 41.6. The number of alkyl halides is 1. The lowest BCUT2D eigenvalue weighted by molar-refractivity contribution is -0.219. The highest BCUT2D eigenvalue weighted by molar-refractivity contribution is 6.01. The summed E-state index contributed by atoms with van der Waals surface area (Å²) >= 11 is 0. The summed E-state index contributed by atoms with van der Waals surface area (Å²) in [5.74, 6) is -4.70. The number of nitrogens with one attached hydrogen (secondary N) is 1. The molecule has 5 fully saturated rings. The predicted molar refractivity (Wildman–Crippen MR) is 185 cm³/mol. The molecule has 1 aliphatic heterocycles. The summed E-state index contributed by atoms with van der Waals surface area (Å²) in [6.07, 6.45) is 6.51. The number of allylic oxidation sites excluding steroid dienone is 4. The van der Waals surface area contributed by atoms with Crippen molar-refractivity contribution in [3.05, 3.63) is 63.7 Å². The minimum Gasteiger partial charge on any atom is -0.446 e. The summed E-state index contributed by atoms with van der Waals surface area (Å²) in [7, 11) is 0. The summed E-state index contributed by atoms with van der Waals surface area (Å²) in [5.41, 5.74) is -6.33. The molecule has 2 aromatic rings. The molecule has 0 bridgehead atoms. The van der Waals surface area contributed by atoms with Gasteiger partial charge < -0.3 is 29.7 Å². The van der Waals surface area contributed by atoms with Gasteiger partial charge in [0.05, 0.1) is 17.3 Å². The van der Waals surface area contributed by atoms with Crippen molar-refractivity contribution in [3.8, 4) is 0 Å². The van der Waals surface area contributed by atoms with Gasteiger partial charge in [0.25, 0.3) is 0 Å². The Morgan fingerprint density at radius 1 is 1.10 bits per heavy atom. The average Bonchev–Trinajstić information content (AvgIpc) is 3.93. The van der Waals surface area contributed by atoms with Crippen LogP contribution in [-0.2, 0) is 14.3 Å². The van der Waals surface area contributed by atoms with E-state index in [-0.39, 0.29) is 35.6 Å². The molecular weight excluding hydrogens is 660 g/mol. The zero-order valence-corrected chi connectivity index (χ0v) is 29.2. The van der Waals surface area contributed by atoms with Crippen LogP contribution in [0, 0.1) is 34.4 Å². The number of piperazine rings is 1. The van der Waals surface area contributed by atoms with Gasteiger partial charge in [0.1, 0.15) is 18.0 Å². The first-order valence-corrected chi connectivity index (χ1v) is 18.2. The average molecular weight is 706 g/mol. The molecule has 1 aromatic heterocycles. The topological polar surface area (TPSA) is 138 Å². The molecule has 8 atom stereocenters. The minimum absolute atomic E-state index is 0.0109. The van der Waals surface area contributed by atoms with E-state index in [0.717, 1.165) is 12.8 Å². The first kappa shape index (κ1) is 34.4. The fourth-order valence-electron chi connectivity index (χ4n) is 11.0. The number of benzene rings is 1. The maximum atomic E-state index is 17.8. The molecule has 0 radical (unpaired) electrons. The van der Waals surface area contributed by atoms with Crippen LogP contribution in [0.1, 0.15) is 75.7 Å². The molecule has 6 aliphatic rings. The van der Waals surface area contributed by atoms with E-state index in [9.17, 15) is 29.4 Å². The minimum atomic E-state index is -2.18. The smallest absolute Gasteiger partial charge is 0.344 e. The molecule has 10 nitrogen and oxygen atoms in total. The Labute approximate surface area is 294 Å². The number of aromatic nitrogens is 1. The van der Waals surface area contributed by atoms with Gasteiger partial charge in [-0.05, 0) is 75.7 Å². The molecular formula is C39H45F2N3O7. The summed E-state index contributed by atoms with van der Waals surface area (Å²) in [5, 5.41) is 25.5. The van der Waals surface area contributed by atoms with Crippen molar-refractivity contribution in [2.75, 3.05) is 37.7 Å². The third-order valence-corrected chi connectivity index (χ3v) is 13.7. The van der Waals surface area contributed by atoms with E-state index >= 15 is 8.78 Å². The maximum Gasteiger partial charge on any atom is 0.344 e. The second kappa shape index (κ2) is 11.6. The van der Waals surface area contributed by atoms with Gasteiger partial charge in [-0.2, -0.15) is 0 Å². The molecule has 1 saturated heterocycles. The van der Waals surface area contributed by atoms with Gasteiger partial charge in [-0.25, -0.2) is 13.6 Å². The number of esters is 1. The third kappa shape index (κ3) is 4.61. The lowest BCUT2D eigenvalue weighted by Gasteiger charge is -2.62. The maximum absolute atomic E-state index is 17.8. The van der Waals surface area contributed by atoms with Gasteiger partial charge >= 0.3 is 5.97 Å². The molecule has 5 aliphatic carbocycles. The first-order chi connectivity index (χ1) is 24.2. The molecule has 272 valence electrons. The quantitative estimate of drug-likeness (QED) is 0.382. The van der Waals surface area contributed by atoms with Crippen LogP contribution >= 0.6 is 0 Å². The van der Waals surface area contributed by atoms with Gasteiger partial charge in [-0.1, -0.05) is 25.5 Å². The number of Topliss-reactive ketones (excluding diaryl/α,β-unsaturated/α-hetero) is 1. The monoisotopic (exact) mass is 705 g/mol. The number of ether oxygens (including phenoxy) is 1. The fraction of sp³-hybridized carbons (Fsp3) is 0.590. The number of aliphatic hydroxyl groups excluding tert-OH is 2. The van der Waals surface area contributed by atoms with Crippen LogP contribution in [0.3, 0.4) is 0 Å². The third-order valence-electron chi connectivity index (χ3n) is 13.7. The largest absolute Gasteiger partial charge is 0.446 e. The normalized spacial score (nSPS) is 37.4. The fourth-order valence-corrected chi connectivity index (χ4v) is 11.0. The molecule has 2 heterocycles. The summed E-state index contributed by atoms with van der Waals surface area (Å²) in [6.45, 7) is 6.77. The number of pyridine rings is 1. The van der Waals surface area contributed by atoms with Gasteiger partial charge in [-0.15, -0.1) is 0 Å². The number of halogens is 2. The predicted octanol–water partition coefficient (Wildman–Crippen LogP) is 3.96. The van der Waals surface area contributed by atoms with Gasteiger partial charge in [0.2, 0.25) is 11.2 Å². The molecule has 8 rings (SSSR count). The van der Waals surface area contributed by atoms with E-state index in [4.69, 9.17) is 4.74 Å². The zero-order chi connectivity index (χ0) is 36.2. The van der Waals surface area contributed by atoms with Crippen LogP contribution in [0.5, 0.6) is 0 Å². The Morgan fingerprint density at radius 2 is 1.82 bits per heavy atom. The van der Waals surface area contributed by atoms with E-state index < -0.39 is 75.6 Å². The number of carbonyl (C=O) groups is 3. The number of carbonyl (C=O) groups excluding carboxylic acids is 3. The van der Waals surface area contributed by atoms with Crippen molar-refractivity contribution in [3.63, 3.8) is 0 Å². The van der Waals surface area contributed by atoms with E-state index in [2.05, 4.69) is 5.32 Å². The van der Waals surface area contributed by atoms with Crippen LogP contribution in [0.4, 0.5) is 14.5 Å². The summed E-state index contributed by atoms with van der Waals surface area (Å²) in [6, 6.07) is 2.83. The summed E-state index contributed by atoms with van der Waals surface area (Å²) in [4.78, 5) is 56.7. The van der Waals surface area contributed by atoms with Crippen molar-refractivity contribution < 1.29 is 38.1 Å². The number of hydrogen-bond donors (Lipinski definition) is 3. The molecule has 3 N–H and O–H groups in total. The first-order valence-electron chi connectivity index (χ1n) is 18.2. The van der Waals surface area contributed by atoms with Crippen molar-refractivity contribution in [2.24, 2.45) is 28.6 Å². The van der Waals surface area contributed by atoms with E-state index in [1.54, 1.807) is 32.9 Å². The number of ketones is 2. The van der Waals surface area contributed by atoms with Crippen molar-refractivity contribution in [2.45, 2.75) is 82.7 Å². The molecule has 4 saturated carbocycles. The highest BCUT2D eigenvalue weighted by Gasteiger charge is 2.77. The molecule has 0 unspecified atom stereocenters. The number of fused-ring (bicyclic) bond motifs is 6. The molecule has 1 aromatic carbocycles. The second-order valence-corrected chi connectivity index (χ2v) is 16.2.